The molecule has 0 saturated carbocycles. The van der Waals surface area contributed by atoms with Gasteiger partial charge in [-0.25, -0.2) is 0 Å². The molecule has 0 unspecified atom stereocenters. The highest BCUT2D eigenvalue weighted by molar-refractivity contribution is 6.10. The van der Waals surface area contributed by atoms with E-state index in [1.807, 2.05) is 0 Å². The third-order valence-corrected chi connectivity index (χ3v) is 14.5. The lowest BCUT2D eigenvalue weighted by molar-refractivity contribution is 0.590. The lowest BCUT2D eigenvalue weighted by Crippen LogP contribution is -2.12. The summed E-state index contributed by atoms with van der Waals surface area (Å²) in [5, 5.41) is 13.4. The highest BCUT2D eigenvalue weighted by Gasteiger charge is 2.21. The summed E-state index contributed by atoms with van der Waals surface area (Å²) in [6.07, 6.45) is 0. The maximum atomic E-state index is 2.38. The van der Waals surface area contributed by atoms with Crippen LogP contribution in [0.2, 0.25) is 0 Å². The molecule has 0 amide bonds. The van der Waals surface area contributed by atoms with Gasteiger partial charge in [0, 0.05) is 16.5 Å². The summed E-state index contributed by atoms with van der Waals surface area (Å²) in [6.45, 7) is 27.2. The lowest BCUT2D eigenvalue weighted by Gasteiger charge is -2.24. The van der Waals surface area contributed by atoms with Crippen molar-refractivity contribution in [3.63, 3.8) is 0 Å². The van der Waals surface area contributed by atoms with Crippen LogP contribution in [0.5, 0.6) is 0 Å². The van der Waals surface area contributed by atoms with E-state index in [9.17, 15) is 0 Å². The van der Waals surface area contributed by atoms with E-state index < -0.39 is 0 Å². The number of rotatable bonds is 2. The van der Waals surface area contributed by atoms with Gasteiger partial charge < -0.3 is 4.57 Å². The van der Waals surface area contributed by atoms with Crippen LogP contribution in [0.25, 0.3) is 81.7 Å². The molecule has 75 heavy (non-hydrogen) atoms. The molecule has 0 radical (unpaired) electrons. The topological polar surface area (TPSA) is 4.93 Å². The summed E-state index contributed by atoms with van der Waals surface area (Å²) < 4.78 is 2.38. The fraction of sp³-hybridized carbons (Fsp3) is 0.216. The fourth-order valence-electron chi connectivity index (χ4n) is 10.5. The first kappa shape index (κ1) is 52.1. The molecule has 0 atom stereocenters. The number of para-hydroxylation sites is 2. The van der Waals surface area contributed by atoms with Crippen molar-refractivity contribution in [2.24, 2.45) is 0 Å². The van der Waals surface area contributed by atoms with Crippen molar-refractivity contribution in [1.29, 1.82) is 0 Å². The van der Waals surface area contributed by atoms with Crippen molar-refractivity contribution in [3.8, 4) is 16.8 Å². The third-order valence-electron chi connectivity index (χ3n) is 14.5. The van der Waals surface area contributed by atoms with Crippen molar-refractivity contribution in [2.75, 3.05) is 0 Å². The highest BCUT2D eigenvalue weighted by Crippen LogP contribution is 2.38. The van der Waals surface area contributed by atoms with E-state index in [-0.39, 0.29) is 21.7 Å². The molecule has 0 spiro atoms. The molecule has 12 rings (SSSR count). The Labute approximate surface area is 447 Å². The molecule has 0 aliphatic rings. The molecule has 1 nitrogen and oxygen atoms in total. The zero-order valence-corrected chi connectivity index (χ0v) is 46.5. The van der Waals surface area contributed by atoms with Gasteiger partial charge in [0.2, 0.25) is 0 Å². The standard InChI is InChI=1S/C28H25N.C18H18.2C14H16/c1-28(2,3)22-11-9-10-20(18-22)21-16-17-25-24-14-7-8-15-26(24)29(27(25)19-21)23-12-5-4-6-13-23;1-18(2,3)17-15-10-6-4-8-13(15)12-14-9-5-7-11-16(14)17;1-14(2,3)13-10-6-8-11-7-4-5-9-12(11)13;1-14(2,3)13-9-8-11-6-4-5-7-12(11)10-13/h4-19H,1-3H3;4-12H,1-3H3;2*4-10H,1-3H3. The van der Waals surface area contributed by atoms with E-state index >= 15 is 0 Å². The SMILES string of the molecule is CC(C)(C)c1c2ccccc2cc2ccccc12.CC(C)(C)c1ccc2ccccc2c1.CC(C)(C)c1cccc(-c2ccc3c4ccccc4n(-c4ccccc4)c3c2)c1.CC(C)(C)c1cccc2ccccc12. The maximum absolute atomic E-state index is 2.38. The van der Waals surface area contributed by atoms with Gasteiger partial charge in [0.05, 0.1) is 11.0 Å². The molecule has 12 aromatic rings. The van der Waals surface area contributed by atoms with E-state index in [4.69, 9.17) is 0 Å². The second-order valence-electron chi connectivity index (χ2n) is 24.3. The van der Waals surface area contributed by atoms with E-state index in [1.165, 1.54) is 104 Å². The van der Waals surface area contributed by atoms with E-state index in [2.05, 4.69) is 324 Å². The minimum Gasteiger partial charge on any atom is -0.309 e. The Kier molecular flexibility index (Phi) is 14.8. The third kappa shape index (κ3) is 11.6. The van der Waals surface area contributed by atoms with Crippen molar-refractivity contribution in [1.82, 2.24) is 4.57 Å². The molecular formula is C74H75N. The Balaban J connectivity index is 0.000000129. The molecule has 0 aliphatic heterocycles. The normalized spacial score (nSPS) is 12.0. The van der Waals surface area contributed by atoms with Gasteiger partial charge in [0.15, 0.2) is 0 Å². The summed E-state index contributed by atoms with van der Waals surface area (Å²) in [5.74, 6) is 0. The first-order valence-electron chi connectivity index (χ1n) is 26.8. The zero-order valence-electron chi connectivity index (χ0n) is 46.5. The fourth-order valence-corrected chi connectivity index (χ4v) is 10.5. The first-order chi connectivity index (χ1) is 35.8. The molecule has 0 saturated heterocycles. The van der Waals surface area contributed by atoms with Gasteiger partial charge in [0.25, 0.3) is 0 Å². The average molecular weight is 978 g/mol. The molecule has 376 valence electrons. The van der Waals surface area contributed by atoms with Crippen LogP contribution >= 0.6 is 0 Å². The maximum Gasteiger partial charge on any atom is 0.0547 e. The Morgan fingerprint density at radius 3 is 1.35 bits per heavy atom. The number of fused-ring (bicyclic) bond motifs is 7. The van der Waals surface area contributed by atoms with Crippen molar-refractivity contribution < 1.29 is 0 Å². The van der Waals surface area contributed by atoms with Crippen LogP contribution in [0.3, 0.4) is 0 Å². The number of hydrogen-bond acceptors (Lipinski definition) is 0. The monoisotopic (exact) mass is 978 g/mol. The Morgan fingerprint density at radius 2 is 0.733 bits per heavy atom. The Hall–Kier alpha value is -7.74. The predicted octanol–water partition coefficient (Wildman–Crippen LogP) is 21.3. The quantitative estimate of drug-likeness (QED) is 0.152. The second-order valence-corrected chi connectivity index (χ2v) is 24.3. The van der Waals surface area contributed by atoms with Gasteiger partial charge in [-0.05, 0) is 128 Å². The van der Waals surface area contributed by atoms with Crippen LogP contribution in [0.4, 0.5) is 0 Å². The molecular weight excluding hydrogens is 903 g/mol. The smallest absolute Gasteiger partial charge is 0.0547 e. The Bertz CT molecular complexity index is 3850. The summed E-state index contributed by atoms with van der Waals surface area (Å²) >= 11 is 0. The number of benzene rings is 11. The zero-order chi connectivity index (χ0) is 53.1. The van der Waals surface area contributed by atoms with Crippen LogP contribution in [0.15, 0.2) is 237 Å². The van der Waals surface area contributed by atoms with E-state index in [1.54, 1.807) is 0 Å². The minimum atomic E-state index is 0.138. The summed E-state index contributed by atoms with van der Waals surface area (Å²) in [4.78, 5) is 0. The molecule has 1 heterocycles. The Morgan fingerprint density at radius 1 is 0.253 bits per heavy atom. The van der Waals surface area contributed by atoms with Gasteiger partial charge >= 0.3 is 0 Å². The molecule has 1 heteroatoms. The largest absolute Gasteiger partial charge is 0.309 e. The lowest BCUT2D eigenvalue weighted by atomic mass is 9.80. The molecule has 11 aromatic carbocycles. The minimum absolute atomic E-state index is 0.138. The molecule has 0 fully saturated rings. The van der Waals surface area contributed by atoms with Crippen LogP contribution in [-0.2, 0) is 21.7 Å². The number of aromatic nitrogens is 1. The van der Waals surface area contributed by atoms with Crippen molar-refractivity contribution in [2.45, 2.75) is 105 Å². The number of hydrogen-bond donors (Lipinski definition) is 0. The second kappa shape index (κ2) is 21.2. The van der Waals surface area contributed by atoms with Crippen LogP contribution in [0, 0.1) is 0 Å². The average Bonchev–Trinajstić information content (AvgIpc) is 3.74. The van der Waals surface area contributed by atoms with Gasteiger partial charge in [-0.15, -0.1) is 0 Å². The van der Waals surface area contributed by atoms with Gasteiger partial charge in [-0.1, -0.05) is 289 Å². The van der Waals surface area contributed by atoms with Crippen LogP contribution < -0.4 is 0 Å². The first-order valence-corrected chi connectivity index (χ1v) is 26.8. The molecule has 0 aliphatic carbocycles. The van der Waals surface area contributed by atoms with Crippen LogP contribution in [0.1, 0.15) is 105 Å². The van der Waals surface area contributed by atoms with Gasteiger partial charge in [-0.2, -0.15) is 0 Å². The summed E-state index contributed by atoms with van der Waals surface area (Å²) in [7, 11) is 0. The van der Waals surface area contributed by atoms with E-state index in [0.29, 0.717) is 0 Å². The van der Waals surface area contributed by atoms with Gasteiger partial charge in [0.1, 0.15) is 0 Å². The molecule has 0 N–H and O–H groups in total. The molecule has 1 aromatic heterocycles. The van der Waals surface area contributed by atoms with Gasteiger partial charge in [-0.3, -0.25) is 0 Å². The van der Waals surface area contributed by atoms with E-state index in [0.717, 1.165) is 0 Å². The van der Waals surface area contributed by atoms with Crippen LogP contribution in [-0.4, -0.2) is 4.57 Å². The highest BCUT2D eigenvalue weighted by atomic mass is 15.0. The van der Waals surface area contributed by atoms with Crippen molar-refractivity contribution >= 4 is 64.9 Å². The number of nitrogens with zero attached hydrogens (tertiary/aromatic N) is 1. The summed E-state index contributed by atoms with van der Waals surface area (Å²) in [6, 6.07) is 85.1. The summed E-state index contributed by atoms with van der Waals surface area (Å²) in [5.41, 5.74) is 12.6. The van der Waals surface area contributed by atoms with Crippen molar-refractivity contribution in [3.05, 3.63) is 259 Å². The molecule has 0 bridgehead atoms. The predicted molar refractivity (Wildman–Crippen MR) is 330 cm³/mol.